The van der Waals surface area contributed by atoms with Gasteiger partial charge < -0.3 is 10.1 Å². The molecule has 0 aliphatic heterocycles. The second-order valence-electron chi connectivity index (χ2n) is 6.70. The topological polar surface area (TPSA) is 55.4 Å². The number of hydrogen-bond acceptors (Lipinski definition) is 3. The average molecular weight is 323 g/mol. The molecule has 0 spiro atoms. The minimum absolute atomic E-state index is 0.00770. The van der Waals surface area contributed by atoms with E-state index in [0.29, 0.717) is 6.42 Å². The molecule has 2 aliphatic carbocycles. The van der Waals surface area contributed by atoms with Crippen LogP contribution in [0, 0.1) is 23.7 Å². The van der Waals surface area contributed by atoms with Crippen molar-refractivity contribution >= 4 is 11.7 Å². The van der Waals surface area contributed by atoms with Crippen molar-refractivity contribution in [2.24, 2.45) is 11.3 Å². The molecule has 3 rings (SSSR count). The molecule has 0 aromatic heterocycles. The Hall–Kier alpha value is -2.54. The number of carbonyl (C=O) groups is 2. The molecule has 1 aromatic carbocycles. The molecule has 0 radical (unpaired) electrons. The Bertz CT molecular complexity index is 758. The van der Waals surface area contributed by atoms with Crippen LogP contribution in [-0.2, 0) is 20.7 Å². The number of allylic oxidation sites excluding steroid dienone is 1. The number of Topliss-reactive ketones (excluding diaryl/α,β-unsaturated/α-hetero) is 1. The predicted molar refractivity (Wildman–Crippen MR) is 91.0 cm³/mol. The van der Waals surface area contributed by atoms with Crippen molar-refractivity contribution < 1.29 is 14.3 Å². The number of fused-ring (bicyclic) bond motifs is 3. The first-order valence-corrected chi connectivity index (χ1v) is 8.09. The van der Waals surface area contributed by atoms with E-state index in [1.165, 1.54) is 12.7 Å². The monoisotopic (exact) mass is 323 g/mol. The van der Waals surface area contributed by atoms with E-state index in [4.69, 9.17) is 11.2 Å². The Morgan fingerprint density at radius 3 is 2.92 bits per heavy atom. The van der Waals surface area contributed by atoms with Crippen LogP contribution in [0.4, 0.5) is 0 Å². The molecule has 0 fully saturated rings. The van der Waals surface area contributed by atoms with Gasteiger partial charge in [0.25, 0.3) is 0 Å². The second kappa shape index (κ2) is 6.16. The summed E-state index contributed by atoms with van der Waals surface area (Å²) < 4.78 is 5.26. The van der Waals surface area contributed by atoms with E-state index in [-0.39, 0.29) is 35.3 Å². The number of methoxy groups -OCH3 is 1. The van der Waals surface area contributed by atoms with Crippen LogP contribution in [0.1, 0.15) is 30.4 Å². The number of carbonyl (C=O) groups excluding carboxylic acids is 2. The summed E-state index contributed by atoms with van der Waals surface area (Å²) in [5, 5.41) is 2.77. The summed E-state index contributed by atoms with van der Waals surface area (Å²) in [6.07, 6.45) is 8.05. The Morgan fingerprint density at radius 1 is 1.46 bits per heavy atom. The first-order valence-electron chi connectivity index (χ1n) is 8.09. The molecule has 4 nitrogen and oxygen atoms in total. The fourth-order valence-corrected chi connectivity index (χ4v) is 4.12. The largest absolute Gasteiger partial charge is 0.493 e. The molecule has 2 aliphatic rings. The van der Waals surface area contributed by atoms with Crippen LogP contribution in [0.3, 0.4) is 0 Å². The number of amides is 1. The Balaban J connectivity index is 2.07. The predicted octanol–water partition coefficient (Wildman–Crippen LogP) is 2.20. The van der Waals surface area contributed by atoms with E-state index in [0.717, 1.165) is 12.0 Å². The third-order valence-corrected chi connectivity index (χ3v) is 5.36. The standard InChI is InChI=1S/C20H21NO3/c1-4-9-21-19(23)16-11-18(24-3)17(22)10-15-14-8-6-5-7-13(14)12-20(15,16)2/h1,5-8,11,15-16H,9-10,12H2,2-3H3,(H,21,23)/t15-,16-,20+/m1/s1. The van der Waals surface area contributed by atoms with E-state index in [9.17, 15) is 9.59 Å². The van der Waals surface area contributed by atoms with Crippen LogP contribution in [0.25, 0.3) is 0 Å². The lowest BCUT2D eigenvalue weighted by Crippen LogP contribution is -2.41. The van der Waals surface area contributed by atoms with Crippen molar-refractivity contribution in [1.29, 1.82) is 0 Å². The van der Waals surface area contributed by atoms with E-state index < -0.39 is 5.92 Å². The lowest BCUT2D eigenvalue weighted by Gasteiger charge is -2.35. The molecule has 0 saturated heterocycles. The summed E-state index contributed by atoms with van der Waals surface area (Å²) in [5.74, 6) is 2.00. The molecule has 1 aromatic rings. The van der Waals surface area contributed by atoms with Gasteiger partial charge in [0, 0.05) is 6.42 Å². The van der Waals surface area contributed by atoms with Gasteiger partial charge >= 0.3 is 0 Å². The minimum Gasteiger partial charge on any atom is -0.493 e. The summed E-state index contributed by atoms with van der Waals surface area (Å²) >= 11 is 0. The molecule has 24 heavy (non-hydrogen) atoms. The normalized spacial score (nSPS) is 28.0. The highest BCUT2D eigenvalue weighted by Gasteiger charge is 2.52. The molecule has 124 valence electrons. The Labute approximate surface area is 142 Å². The van der Waals surface area contributed by atoms with Gasteiger partial charge in [-0.3, -0.25) is 9.59 Å². The van der Waals surface area contributed by atoms with Crippen LogP contribution >= 0.6 is 0 Å². The third-order valence-electron chi connectivity index (χ3n) is 5.36. The van der Waals surface area contributed by atoms with Crippen molar-refractivity contribution in [2.75, 3.05) is 13.7 Å². The van der Waals surface area contributed by atoms with E-state index in [1.807, 2.05) is 12.1 Å². The van der Waals surface area contributed by atoms with E-state index in [1.54, 1.807) is 6.08 Å². The van der Waals surface area contributed by atoms with E-state index >= 15 is 0 Å². The van der Waals surface area contributed by atoms with Gasteiger partial charge in [0.2, 0.25) is 5.91 Å². The highest BCUT2D eigenvalue weighted by atomic mass is 16.5. The second-order valence-corrected chi connectivity index (χ2v) is 6.70. The lowest BCUT2D eigenvalue weighted by molar-refractivity contribution is -0.127. The Kier molecular flexibility index (Phi) is 4.19. The van der Waals surface area contributed by atoms with Crippen molar-refractivity contribution in [2.45, 2.75) is 25.7 Å². The molecular formula is C20H21NO3. The van der Waals surface area contributed by atoms with Crippen molar-refractivity contribution in [3.63, 3.8) is 0 Å². The summed E-state index contributed by atoms with van der Waals surface area (Å²) in [4.78, 5) is 25.3. The molecule has 0 saturated carbocycles. The number of terminal acetylenes is 1. The van der Waals surface area contributed by atoms with Gasteiger partial charge in [-0.1, -0.05) is 37.1 Å². The molecule has 3 atom stereocenters. The SMILES string of the molecule is C#CCNC(=O)[C@H]1C=C(OC)C(=O)C[C@@H]2c3ccccc3C[C@]12C. The first-order chi connectivity index (χ1) is 11.5. The number of hydrogen-bond donors (Lipinski definition) is 1. The Morgan fingerprint density at radius 2 is 2.21 bits per heavy atom. The summed E-state index contributed by atoms with van der Waals surface area (Å²) in [7, 11) is 1.47. The number of nitrogens with one attached hydrogen (secondary N) is 1. The van der Waals surface area contributed by atoms with Gasteiger partial charge in [-0.25, -0.2) is 0 Å². The van der Waals surface area contributed by atoms with Crippen LogP contribution in [0.15, 0.2) is 36.1 Å². The zero-order valence-corrected chi connectivity index (χ0v) is 14.0. The zero-order chi connectivity index (χ0) is 17.3. The maximum absolute atomic E-state index is 12.8. The lowest BCUT2D eigenvalue weighted by atomic mass is 9.67. The van der Waals surface area contributed by atoms with Gasteiger partial charge in [0.1, 0.15) is 0 Å². The van der Waals surface area contributed by atoms with E-state index in [2.05, 4.69) is 30.3 Å². The molecule has 1 N–H and O–H groups in total. The molecule has 4 heteroatoms. The summed E-state index contributed by atoms with van der Waals surface area (Å²) in [6, 6.07) is 8.13. The molecular weight excluding hydrogens is 302 g/mol. The summed E-state index contributed by atoms with van der Waals surface area (Å²) in [6.45, 7) is 2.26. The van der Waals surface area contributed by atoms with Crippen molar-refractivity contribution in [1.82, 2.24) is 5.32 Å². The van der Waals surface area contributed by atoms with Gasteiger partial charge in [0.05, 0.1) is 19.6 Å². The number of benzene rings is 1. The zero-order valence-electron chi connectivity index (χ0n) is 14.0. The van der Waals surface area contributed by atoms with Crippen molar-refractivity contribution in [3.8, 4) is 12.3 Å². The number of ether oxygens (including phenoxy) is 1. The fraction of sp³-hybridized carbons (Fsp3) is 0.400. The highest BCUT2D eigenvalue weighted by Crippen LogP contribution is 2.55. The molecule has 0 heterocycles. The molecule has 0 unspecified atom stereocenters. The van der Waals surface area contributed by atoms with Crippen LogP contribution in [-0.4, -0.2) is 25.3 Å². The van der Waals surface area contributed by atoms with Crippen LogP contribution in [0.5, 0.6) is 0 Å². The number of rotatable bonds is 3. The number of ketones is 1. The molecule has 0 bridgehead atoms. The third kappa shape index (κ3) is 2.50. The summed E-state index contributed by atoms with van der Waals surface area (Å²) in [5.41, 5.74) is 1.99. The van der Waals surface area contributed by atoms with Crippen LogP contribution in [0.2, 0.25) is 0 Å². The maximum Gasteiger partial charge on any atom is 0.228 e. The average Bonchev–Trinajstić information content (AvgIpc) is 2.80. The fourth-order valence-electron chi connectivity index (χ4n) is 4.12. The first kappa shape index (κ1) is 16.3. The van der Waals surface area contributed by atoms with Gasteiger partial charge in [0.15, 0.2) is 11.5 Å². The van der Waals surface area contributed by atoms with Gasteiger partial charge in [-0.2, -0.15) is 0 Å². The van der Waals surface area contributed by atoms with Crippen LogP contribution < -0.4 is 5.32 Å². The van der Waals surface area contributed by atoms with Crippen molar-refractivity contribution in [3.05, 3.63) is 47.2 Å². The quantitative estimate of drug-likeness (QED) is 0.868. The highest BCUT2D eigenvalue weighted by molar-refractivity contribution is 5.96. The minimum atomic E-state index is -0.468. The van der Waals surface area contributed by atoms with Gasteiger partial charge in [-0.05, 0) is 35.0 Å². The van der Waals surface area contributed by atoms with Gasteiger partial charge in [-0.15, -0.1) is 6.42 Å². The molecule has 1 amide bonds. The smallest absolute Gasteiger partial charge is 0.228 e. The maximum atomic E-state index is 12.8.